The van der Waals surface area contributed by atoms with E-state index in [9.17, 15) is 14.4 Å². The Kier molecular flexibility index (Phi) is 13.7. The molecule has 2 fully saturated rings. The lowest BCUT2D eigenvalue weighted by Gasteiger charge is -2.45. The van der Waals surface area contributed by atoms with Gasteiger partial charge in [-0.15, -0.1) is 0 Å². The van der Waals surface area contributed by atoms with Crippen molar-refractivity contribution in [2.45, 2.75) is 122 Å². The van der Waals surface area contributed by atoms with E-state index in [2.05, 4.69) is 156 Å². The van der Waals surface area contributed by atoms with Crippen molar-refractivity contribution in [2.24, 2.45) is 0 Å². The highest BCUT2D eigenvalue weighted by Crippen LogP contribution is 2.46. The maximum absolute atomic E-state index is 12.6. The summed E-state index contributed by atoms with van der Waals surface area (Å²) in [6.07, 6.45) is 4.59. The van der Waals surface area contributed by atoms with Gasteiger partial charge < -0.3 is 28.5 Å². The Morgan fingerprint density at radius 3 is 1.32 bits per heavy atom. The first-order valence-corrected chi connectivity index (χ1v) is 26.3. The minimum absolute atomic E-state index is 0.00223. The molecule has 0 bridgehead atoms. The summed E-state index contributed by atoms with van der Waals surface area (Å²) in [4.78, 5) is 39.3. The average molecular weight is 885 g/mol. The van der Waals surface area contributed by atoms with Gasteiger partial charge in [-0.05, 0) is 50.7 Å². The molecular formula is C52H64N2O7Si2. The van der Waals surface area contributed by atoms with Crippen LogP contribution in [-0.2, 0) is 32.7 Å². The van der Waals surface area contributed by atoms with E-state index in [1.54, 1.807) is 13.8 Å². The molecule has 1 unspecified atom stereocenters. The molecule has 63 heavy (non-hydrogen) atoms. The molecule has 2 aliphatic carbocycles. The molecule has 0 spiro atoms. The molecular weight excluding hydrogens is 821 g/mol. The fourth-order valence-electron chi connectivity index (χ4n) is 9.98. The minimum Gasteiger partial charge on any atom is -0.463 e. The largest absolute Gasteiger partial charge is 0.463 e. The topological polar surface area (TPSA) is 113 Å². The predicted octanol–water partition coefficient (Wildman–Crippen LogP) is 6.59. The van der Waals surface area contributed by atoms with Crippen molar-refractivity contribution in [2.75, 3.05) is 13.2 Å². The van der Waals surface area contributed by atoms with Gasteiger partial charge in [-0.25, -0.2) is 9.59 Å². The van der Waals surface area contributed by atoms with Crippen LogP contribution in [0.1, 0.15) is 75.2 Å². The molecule has 11 heteroatoms. The summed E-state index contributed by atoms with van der Waals surface area (Å²) in [6, 6.07) is 42.5. The number of benzene rings is 4. The number of nitrogens with zero attached hydrogens (tertiary/aromatic N) is 1. The highest BCUT2D eigenvalue weighted by atomic mass is 28.4. The normalized spacial score (nSPS) is 22.8. The zero-order valence-electron chi connectivity index (χ0n) is 38.3. The van der Waals surface area contributed by atoms with Gasteiger partial charge in [-0.2, -0.15) is 0 Å². The Hall–Kier alpha value is -4.92. The first-order valence-electron chi connectivity index (χ1n) is 22.5. The Labute approximate surface area is 376 Å². The second kappa shape index (κ2) is 18.7. The molecule has 1 amide bonds. The van der Waals surface area contributed by atoms with Crippen molar-refractivity contribution in [1.82, 2.24) is 10.2 Å². The average Bonchev–Trinajstić information content (AvgIpc) is 4.20. The number of ether oxygens (including phenoxy) is 2. The van der Waals surface area contributed by atoms with E-state index < -0.39 is 16.6 Å². The van der Waals surface area contributed by atoms with Crippen LogP contribution in [0, 0.1) is 0 Å². The Bertz CT molecular complexity index is 2210. The highest BCUT2D eigenvalue weighted by Gasteiger charge is 2.61. The minimum atomic E-state index is -2.82. The third-order valence-corrected chi connectivity index (χ3v) is 23.0. The zero-order chi connectivity index (χ0) is 45.2. The first-order chi connectivity index (χ1) is 30.1. The van der Waals surface area contributed by atoms with Crippen LogP contribution in [0.15, 0.2) is 145 Å². The Morgan fingerprint density at radius 1 is 0.587 bits per heavy atom. The van der Waals surface area contributed by atoms with E-state index in [4.69, 9.17) is 18.3 Å². The lowest BCUT2D eigenvalue weighted by atomic mass is 9.97. The molecule has 4 aliphatic rings. The quantitative estimate of drug-likeness (QED) is 0.0965. The van der Waals surface area contributed by atoms with Gasteiger partial charge in [0.1, 0.15) is 0 Å². The van der Waals surface area contributed by atoms with Crippen molar-refractivity contribution in [3.63, 3.8) is 0 Å². The zero-order valence-corrected chi connectivity index (χ0v) is 40.3. The van der Waals surface area contributed by atoms with Gasteiger partial charge in [0.25, 0.3) is 16.6 Å². The van der Waals surface area contributed by atoms with Crippen molar-refractivity contribution in [1.29, 1.82) is 0 Å². The molecule has 4 aromatic carbocycles. The number of carbonyl (C=O) groups is 3. The summed E-state index contributed by atoms with van der Waals surface area (Å²) in [5, 5.41) is 8.10. The summed E-state index contributed by atoms with van der Waals surface area (Å²) < 4.78 is 25.1. The van der Waals surface area contributed by atoms with E-state index >= 15 is 0 Å². The van der Waals surface area contributed by atoms with Crippen LogP contribution in [0.4, 0.5) is 0 Å². The van der Waals surface area contributed by atoms with Crippen LogP contribution in [0.3, 0.4) is 0 Å². The number of nitrogens with one attached hydrogen (secondary N) is 1. The standard InChI is InChI=1S/C27H33NO4Si.C25H31NO3Si/c1-6-31-26(30)20-17-23-25(28(23)19(2)29)24(18-20)32-33(27(3,4)5,21-13-9-7-10-14-21)22-15-11-8-12-16-22;1-5-28-24(27)18-16-21-23(26-21)22(17-18)29-30(25(2,3)4,19-12-8-6-9-13-19)20-14-10-7-11-15-20/h7-17,23-25H,6,18H2,1-5H3;6-16,21-23,26H,5,17H2,1-4H3/t23?,24-,25+,28?;21-,22+,23-/m10/s1. The van der Waals surface area contributed by atoms with Gasteiger partial charge in [0.2, 0.25) is 5.91 Å². The Balaban J connectivity index is 0.000000190. The lowest BCUT2D eigenvalue weighted by Crippen LogP contribution is -2.68. The molecule has 8 rings (SSSR count). The predicted molar refractivity (Wildman–Crippen MR) is 254 cm³/mol. The lowest BCUT2D eigenvalue weighted by molar-refractivity contribution is -0.139. The van der Waals surface area contributed by atoms with Crippen molar-refractivity contribution in [3.05, 3.63) is 145 Å². The van der Waals surface area contributed by atoms with Gasteiger partial charge in [-0.1, -0.05) is 169 Å². The second-order valence-corrected chi connectivity index (χ2v) is 27.5. The summed E-state index contributed by atoms with van der Waals surface area (Å²) >= 11 is 0. The molecule has 9 nitrogen and oxygen atoms in total. The number of fused-ring (bicyclic) bond motifs is 2. The van der Waals surface area contributed by atoms with Crippen LogP contribution < -0.4 is 26.1 Å². The van der Waals surface area contributed by atoms with Crippen molar-refractivity contribution < 1.29 is 32.7 Å². The van der Waals surface area contributed by atoms with E-state index in [1.165, 1.54) is 20.7 Å². The molecule has 2 heterocycles. The maximum atomic E-state index is 12.6. The van der Waals surface area contributed by atoms with E-state index in [-0.39, 0.29) is 64.3 Å². The van der Waals surface area contributed by atoms with Gasteiger partial charge in [0.05, 0.1) is 43.5 Å². The molecule has 332 valence electrons. The highest BCUT2D eigenvalue weighted by molar-refractivity contribution is 7.00. The molecule has 1 N–H and O–H groups in total. The van der Waals surface area contributed by atoms with Gasteiger partial charge >= 0.3 is 11.9 Å². The van der Waals surface area contributed by atoms with Crippen molar-refractivity contribution >= 4 is 55.2 Å². The molecule has 4 aromatic rings. The maximum Gasteiger partial charge on any atom is 0.333 e. The van der Waals surface area contributed by atoms with E-state index in [0.29, 0.717) is 31.6 Å². The fourth-order valence-corrected chi connectivity index (χ4v) is 19.4. The fraction of sp³-hybridized carbons (Fsp3) is 0.404. The smallest absolute Gasteiger partial charge is 0.333 e. The third kappa shape index (κ3) is 9.22. The van der Waals surface area contributed by atoms with Crippen LogP contribution in [-0.4, -0.2) is 89.0 Å². The number of hydrogen-bond donors (Lipinski definition) is 1. The van der Waals surface area contributed by atoms with E-state index in [1.807, 2.05) is 36.1 Å². The first kappa shape index (κ1) is 46.1. The van der Waals surface area contributed by atoms with Crippen LogP contribution in [0.2, 0.25) is 10.1 Å². The molecule has 6 atom stereocenters. The molecule has 2 saturated heterocycles. The summed E-state index contributed by atoms with van der Waals surface area (Å²) in [5.74, 6) is -0.537. The number of rotatable bonds is 12. The number of hydrogen-bond acceptors (Lipinski definition) is 8. The molecule has 0 aromatic heterocycles. The van der Waals surface area contributed by atoms with Crippen LogP contribution in [0.5, 0.6) is 0 Å². The summed E-state index contributed by atoms with van der Waals surface area (Å²) in [6.45, 7) is 19.5. The van der Waals surface area contributed by atoms with Crippen LogP contribution >= 0.6 is 0 Å². The number of amides is 1. The van der Waals surface area contributed by atoms with Crippen molar-refractivity contribution in [3.8, 4) is 0 Å². The number of esters is 2. The van der Waals surface area contributed by atoms with Gasteiger partial charge in [-0.3, -0.25) is 4.79 Å². The number of carbonyl (C=O) groups excluding carboxylic acids is 3. The summed E-state index contributed by atoms with van der Waals surface area (Å²) in [7, 11) is -5.47. The molecule has 0 saturated carbocycles. The van der Waals surface area contributed by atoms with Gasteiger partial charge in [0.15, 0.2) is 0 Å². The summed E-state index contributed by atoms with van der Waals surface area (Å²) in [5.41, 5.74) is 1.33. The monoisotopic (exact) mass is 884 g/mol. The molecule has 0 radical (unpaired) electrons. The van der Waals surface area contributed by atoms with E-state index in [0.717, 1.165) is 5.57 Å². The van der Waals surface area contributed by atoms with Gasteiger partial charge in [0, 0.05) is 37.0 Å². The third-order valence-electron chi connectivity index (χ3n) is 12.9. The Morgan fingerprint density at radius 2 is 0.952 bits per heavy atom. The molecule has 2 aliphatic heterocycles. The second-order valence-electron chi connectivity index (χ2n) is 19.0. The van der Waals surface area contributed by atoms with Crippen LogP contribution in [0.25, 0.3) is 0 Å². The SMILES string of the molecule is CCOC(=O)C1=CC2[C@@H]([C@H](O[Si](c3ccccc3)(c3ccccc3)C(C)(C)C)C1)N2C(C)=O.CCOC(=O)C1=C[C@@H]2N[C@@H]2[C@H](O[Si](c2ccccc2)(c2ccccc2)C(C)(C)C)C1.